The summed E-state index contributed by atoms with van der Waals surface area (Å²) in [5, 5.41) is 3.21. The molecule has 4 nitrogen and oxygen atoms in total. The zero-order chi connectivity index (χ0) is 10.6. The minimum atomic E-state index is -0.691. The highest BCUT2D eigenvalue weighted by Crippen LogP contribution is 2.05. The highest BCUT2D eigenvalue weighted by atomic mass is 32.2. The fraction of sp³-hybridized carbons (Fsp3) is 0.667. The first-order valence-electron chi connectivity index (χ1n) is 4.63. The molecular formula is C9H17N3OS. The molecule has 14 heavy (non-hydrogen) atoms. The third kappa shape index (κ3) is 3.49. The van der Waals surface area contributed by atoms with E-state index in [1.165, 1.54) is 0 Å². The highest BCUT2D eigenvalue weighted by molar-refractivity contribution is 7.84. The van der Waals surface area contributed by atoms with Gasteiger partial charge in [-0.15, -0.1) is 0 Å². The summed E-state index contributed by atoms with van der Waals surface area (Å²) in [6.07, 6.45) is 4.61. The van der Waals surface area contributed by atoms with E-state index >= 15 is 0 Å². The van der Waals surface area contributed by atoms with Crippen molar-refractivity contribution in [2.24, 2.45) is 7.05 Å². The third-order valence-corrected chi connectivity index (χ3v) is 2.75. The maximum Gasteiger partial charge on any atom is 0.202 e. The molecule has 0 fully saturated rings. The Morgan fingerprint density at radius 3 is 2.86 bits per heavy atom. The Morgan fingerprint density at radius 1 is 1.64 bits per heavy atom. The van der Waals surface area contributed by atoms with Gasteiger partial charge in [-0.05, 0) is 13.3 Å². The van der Waals surface area contributed by atoms with Gasteiger partial charge in [-0.25, -0.2) is 4.98 Å². The number of hydrogen-bond acceptors (Lipinski definition) is 3. The van der Waals surface area contributed by atoms with E-state index < -0.39 is 10.8 Å². The van der Waals surface area contributed by atoms with Crippen LogP contribution in [0.1, 0.15) is 12.1 Å². The van der Waals surface area contributed by atoms with Crippen molar-refractivity contribution in [3.05, 3.63) is 11.9 Å². The Bertz CT molecular complexity index is 322. The number of aryl methyl sites for hydroxylation is 2. The number of imidazole rings is 1. The molecule has 1 unspecified atom stereocenters. The van der Waals surface area contributed by atoms with Crippen molar-refractivity contribution >= 4 is 16.7 Å². The largest absolute Gasteiger partial charge is 0.356 e. The van der Waals surface area contributed by atoms with Gasteiger partial charge >= 0.3 is 0 Å². The Hall–Kier alpha value is -0.840. The SMILES string of the molecule is Cc1cn(C)c(NCCCS(C)=O)n1. The Morgan fingerprint density at radius 2 is 2.36 bits per heavy atom. The lowest BCUT2D eigenvalue weighted by Crippen LogP contribution is -2.09. The molecule has 0 radical (unpaired) electrons. The van der Waals surface area contributed by atoms with E-state index in [1.807, 2.05) is 24.7 Å². The predicted molar refractivity (Wildman–Crippen MR) is 60.0 cm³/mol. The van der Waals surface area contributed by atoms with Crippen molar-refractivity contribution in [1.29, 1.82) is 0 Å². The van der Waals surface area contributed by atoms with E-state index in [-0.39, 0.29) is 0 Å². The van der Waals surface area contributed by atoms with E-state index in [0.717, 1.165) is 30.4 Å². The van der Waals surface area contributed by atoms with Gasteiger partial charge < -0.3 is 9.88 Å². The Labute approximate surface area is 87.2 Å². The monoisotopic (exact) mass is 215 g/mol. The summed E-state index contributed by atoms with van der Waals surface area (Å²) < 4.78 is 12.7. The zero-order valence-corrected chi connectivity index (χ0v) is 9.73. The van der Waals surface area contributed by atoms with Crippen LogP contribution in [0.2, 0.25) is 0 Å². The fourth-order valence-electron chi connectivity index (χ4n) is 1.26. The van der Waals surface area contributed by atoms with Crippen LogP contribution in [-0.2, 0) is 17.8 Å². The van der Waals surface area contributed by atoms with Crippen molar-refractivity contribution in [2.45, 2.75) is 13.3 Å². The Balaban J connectivity index is 2.31. The molecule has 1 atom stereocenters. The molecule has 0 spiro atoms. The maximum atomic E-state index is 10.8. The molecule has 1 aromatic rings. The lowest BCUT2D eigenvalue weighted by Gasteiger charge is -2.04. The number of nitrogens with one attached hydrogen (secondary N) is 1. The molecule has 0 aliphatic carbocycles. The van der Waals surface area contributed by atoms with Crippen LogP contribution in [-0.4, -0.2) is 32.3 Å². The van der Waals surface area contributed by atoms with Crippen molar-refractivity contribution < 1.29 is 4.21 Å². The van der Waals surface area contributed by atoms with Gasteiger partial charge in [-0.3, -0.25) is 4.21 Å². The normalized spacial score (nSPS) is 12.8. The molecule has 1 aromatic heterocycles. The lowest BCUT2D eigenvalue weighted by molar-refractivity contribution is 0.684. The number of nitrogens with zero attached hydrogens (tertiary/aromatic N) is 2. The molecule has 80 valence electrons. The minimum absolute atomic E-state index is 0.691. The quantitative estimate of drug-likeness (QED) is 0.743. The van der Waals surface area contributed by atoms with Gasteiger partial charge in [-0.2, -0.15) is 0 Å². The molecule has 0 amide bonds. The molecule has 0 aliphatic rings. The van der Waals surface area contributed by atoms with E-state index in [9.17, 15) is 4.21 Å². The molecular weight excluding hydrogens is 198 g/mol. The Kier molecular flexibility index (Phi) is 4.13. The van der Waals surface area contributed by atoms with Gasteiger partial charge in [0.15, 0.2) is 0 Å². The molecule has 0 saturated heterocycles. The minimum Gasteiger partial charge on any atom is -0.356 e. The average Bonchev–Trinajstić information content (AvgIpc) is 2.39. The van der Waals surface area contributed by atoms with Crippen molar-refractivity contribution in [1.82, 2.24) is 9.55 Å². The van der Waals surface area contributed by atoms with E-state index in [4.69, 9.17) is 0 Å². The van der Waals surface area contributed by atoms with Gasteiger partial charge in [0.1, 0.15) is 0 Å². The number of anilines is 1. The molecule has 1 rings (SSSR count). The van der Waals surface area contributed by atoms with Crippen LogP contribution in [0.3, 0.4) is 0 Å². The smallest absolute Gasteiger partial charge is 0.202 e. The summed E-state index contributed by atoms with van der Waals surface area (Å²) >= 11 is 0. The highest BCUT2D eigenvalue weighted by Gasteiger charge is 2.00. The summed E-state index contributed by atoms with van der Waals surface area (Å²) in [6, 6.07) is 0. The average molecular weight is 215 g/mol. The summed E-state index contributed by atoms with van der Waals surface area (Å²) in [6.45, 7) is 2.79. The number of aromatic nitrogens is 2. The van der Waals surface area contributed by atoms with Crippen LogP contribution in [0.15, 0.2) is 6.20 Å². The first kappa shape index (κ1) is 11.2. The van der Waals surface area contributed by atoms with Crippen molar-refractivity contribution in [2.75, 3.05) is 23.9 Å². The lowest BCUT2D eigenvalue weighted by atomic mass is 10.5. The third-order valence-electron chi connectivity index (χ3n) is 1.89. The van der Waals surface area contributed by atoms with Crippen molar-refractivity contribution in [3.8, 4) is 0 Å². The van der Waals surface area contributed by atoms with E-state index in [1.54, 1.807) is 6.26 Å². The fourth-order valence-corrected chi connectivity index (χ4v) is 1.81. The van der Waals surface area contributed by atoms with Gasteiger partial charge in [0.05, 0.1) is 5.69 Å². The summed E-state index contributed by atoms with van der Waals surface area (Å²) in [7, 11) is 1.27. The molecule has 0 aromatic carbocycles. The summed E-state index contributed by atoms with van der Waals surface area (Å²) in [5.41, 5.74) is 1.01. The predicted octanol–water partition coefficient (Wildman–Crippen LogP) is 0.909. The maximum absolute atomic E-state index is 10.8. The molecule has 1 heterocycles. The van der Waals surface area contributed by atoms with Gasteiger partial charge in [0.25, 0.3) is 0 Å². The molecule has 1 N–H and O–H groups in total. The second-order valence-electron chi connectivity index (χ2n) is 3.37. The van der Waals surface area contributed by atoms with E-state index in [2.05, 4.69) is 10.3 Å². The van der Waals surface area contributed by atoms with Gasteiger partial charge in [0, 0.05) is 42.6 Å². The van der Waals surface area contributed by atoms with Gasteiger partial charge in [0.2, 0.25) is 5.95 Å². The second-order valence-corrected chi connectivity index (χ2v) is 4.93. The topological polar surface area (TPSA) is 46.9 Å². The van der Waals surface area contributed by atoms with Gasteiger partial charge in [-0.1, -0.05) is 0 Å². The van der Waals surface area contributed by atoms with Crippen LogP contribution in [0.4, 0.5) is 5.95 Å². The van der Waals surface area contributed by atoms with Crippen LogP contribution >= 0.6 is 0 Å². The molecule has 0 aliphatic heterocycles. The molecule has 0 bridgehead atoms. The molecule has 5 heteroatoms. The van der Waals surface area contributed by atoms with Crippen LogP contribution in [0.5, 0.6) is 0 Å². The number of rotatable bonds is 5. The second kappa shape index (κ2) is 5.14. The van der Waals surface area contributed by atoms with Crippen LogP contribution in [0.25, 0.3) is 0 Å². The van der Waals surface area contributed by atoms with E-state index in [0.29, 0.717) is 0 Å². The summed E-state index contributed by atoms with van der Waals surface area (Å²) in [5.74, 6) is 1.63. The standard InChI is InChI=1S/C9H17N3OS/c1-8-7-12(2)9(11-8)10-5-4-6-14(3)13/h7H,4-6H2,1-3H3,(H,10,11). The number of hydrogen-bond donors (Lipinski definition) is 1. The zero-order valence-electron chi connectivity index (χ0n) is 8.91. The molecule has 0 saturated carbocycles. The van der Waals surface area contributed by atoms with Crippen molar-refractivity contribution in [3.63, 3.8) is 0 Å². The van der Waals surface area contributed by atoms with Crippen LogP contribution in [0, 0.1) is 6.92 Å². The first-order valence-corrected chi connectivity index (χ1v) is 6.36. The van der Waals surface area contributed by atoms with Crippen LogP contribution < -0.4 is 5.32 Å². The summed E-state index contributed by atoms with van der Waals surface area (Å²) in [4.78, 5) is 4.30. The first-order chi connectivity index (χ1) is 6.59.